The van der Waals surface area contributed by atoms with Crippen molar-refractivity contribution in [2.45, 2.75) is 64.8 Å². The minimum absolute atomic E-state index is 0.138. The number of likely N-dealkylation sites (N-methyl/N-ethyl adjacent to an activating group) is 1. The Morgan fingerprint density at radius 2 is 2.06 bits per heavy atom. The molecule has 31 heavy (non-hydrogen) atoms. The van der Waals surface area contributed by atoms with E-state index >= 15 is 0 Å². The minimum atomic E-state index is -1.03. The number of hydrogen-bond donors (Lipinski definition) is 2. The maximum Gasteiger partial charge on any atom is 0.326 e. The van der Waals surface area contributed by atoms with Gasteiger partial charge in [-0.25, -0.2) is 4.79 Å². The van der Waals surface area contributed by atoms with Crippen molar-refractivity contribution in [1.82, 2.24) is 10.2 Å². The molecular formula is C25H38N2O4. The number of hydrogen-bond acceptors (Lipinski definition) is 4. The lowest BCUT2D eigenvalue weighted by Crippen LogP contribution is -2.44. The van der Waals surface area contributed by atoms with Gasteiger partial charge in [0, 0.05) is 17.5 Å². The lowest BCUT2D eigenvalue weighted by molar-refractivity contribution is -0.142. The predicted molar refractivity (Wildman–Crippen MR) is 123 cm³/mol. The van der Waals surface area contributed by atoms with E-state index in [-0.39, 0.29) is 23.8 Å². The first-order valence-corrected chi connectivity index (χ1v) is 11.3. The molecule has 2 atom stereocenters. The Kier molecular flexibility index (Phi) is 9.11. The SMILES string of the molecule is CCC1(c2cccc(OCC=C(C)C(=O)NC(C(=O)O)C(C)C)c2)CCCCN(C)C1. The van der Waals surface area contributed by atoms with Crippen LogP contribution in [-0.4, -0.2) is 54.7 Å². The largest absolute Gasteiger partial charge is 0.490 e. The van der Waals surface area contributed by atoms with E-state index in [2.05, 4.69) is 36.3 Å². The lowest BCUT2D eigenvalue weighted by atomic mass is 9.74. The molecule has 0 bridgehead atoms. The summed E-state index contributed by atoms with van der Waals surface area (Å²) in [7, 11) is 2.20. The van der Waals surface area contributed by atoms with Crippen molar-refractivity contribution in [2.75, 3.05) is 26.7 Å². The number of benzene rings is 1. The van der Waals surface area contributed by atoms with Crippen LogP contribution in [0.15, 0.2) is 35.9 Å². The van der Waals surface area contributed by atoms with Crippen LogP contribution in [0.25, 0.3) is 0 Å². The highest BCUT2D eigenvalue weighted by molar-refractivity contribution is 5.95. The summed E-state index contributed by atoms with van der Waals surface area (Å²) < 4.78 is 5.92. The number of rotatable bonds is 9. The van der Waals surface area contributed by atoms with Gasteiger partial charge in [0.15, 0.2) is 0 Å². The van der Waals surface area contributed by atoms with Crippen LogP contribution in [0.5, 0.6) is 5.75 Å². The van der Waals surface area contributed by atoms with Crippen LogP contribution < -0.4 is 10.1 Å². The van der Waals surface area contributed by atoms with E-state index in [9.17, 15) is 14.7 Å². The first-order chi connectivity index (χ1) is 14.7. The zero-order valence-electron chi connectivity index (χ0n) is 19.6. The number of carbonyl (C=O) groups excluding carboxylic acids is 1. The molecule has 1 amide bonds. The van der Waals surface area contributed by atoms with Crippen molar-refractivity contribution in [1.29, 1.82) is 0 Å². The molecule has 0 spiro atoms. The standard InChI is InChI=1S/C25H38N2O4/c1-6-25(13-7-8-14-27(5)17-25)20-10-9-11-21(16-20)31-15-12-19(4)23(28)26-22(18(2)3)24(29)30/h9-12,16,18,22H,6-8,13-15,17H2,1-5H3,(H,26,28)(H,29,30). The number of aliphatic carboxylic acids is 1. The zero-order valence-corrected chi connectivity index (χ0v) is 19.6. The second-order valence-electron chi connectivity index (χ2n) is 9.09. The van der Waals surface area contributed by atoms with Crippen molar-refractivity contribution >= 4 is 11.9 Å². The van der Waals surface area contributed by atoms with Gasteiger partial charge in [-0.15, -0.1) is 0 Å². The van der Waals surface area contributed by atoms with Gasteiger partial charge in [-0.3, -0.25) is 4.79 Å². The molecule has 172 valence electrons. The fourth-order valence-corrected chi connectivity index (χ4v) is 4.29. The third-order valence-corrected chi connectivity index (χ3v) is 6.36. The first-order valence-electron chi connectivity index (χ1n) is 11.3. The summed E-state index contributed by atoms with van der Waals surface area (Å²) in [4.78, 5) is 26.0. The molecule has 0 aliphatic carbocycles. The number of nitrogens with zero attached hydrogens (tertiary/aromatic N) is 1. The molecule has 0 radical (unpaired) electrons. The van der Waals surface area contributed by atoms with Gasteiger partial charge in [-0.05, 0) is 69.5 Å². The highest BCUT2D eigenvalue weighted by Gasteiger charge is 2.33. The molecule has 1 fully saturated rings. The van der Waals surface area contributed by atoms with Gasteiger partial charge in [0.1, 0.15) is 18.4 Å². The van der Waals surface area contributed by atoms with Crippen LogP contribution in [0.3, 0.4) is 0 Å². The monoisotopic (exact) mass is 430 g/mol. The number of likely N-dealkylation sites (tertiary alicyclic amines) is 1. The van der Waals surface area contributed by atoms with Crippen LogP contribution in [0.1, 0.15) is 58.9 Å². The summed E-state index contributed by atoms with van der Waals surface area (Å²) in [5.41, 5.74) is 1.89. The summed E-state index contributed by atoms with van der Waals surface area (Å²) in [6.45, 7) is 9.91. The summed E-state index contributed by atoms with van der Waals surface area (Å²) in [6, 6.07) is 7.40. The number of carboxylic acids is 1. The lowest BCUT2D eigenvalue weighted by Gasteiger charge is -2.35. The Hall–Kier alpha value is -2.34. The zero-order chi connectivity index (χ0) is 23.0. The van der Waals surface area contributed by atoms with Gasteiger partial charge in [0.25, 0.3) is 0 Å². The normalized spacial score (nSPS) is 21.4. The van der Waals surface area contributed by atoms with E-state index in [1.165, 1.54) is 24.8 Å². The van der Waals surface area contributed by atoms with Gasteiger partial charge in [-0.1, -0.05) is 39.3 Å². The van der Waals surface area contributed by atoms with E-state index in [0.717, 1.165) is 25.3 Å². The number of ether oxygens (including phenoxy) is 1. The van der Waals surface area contributed by atoms with Crippen molar-refractivity contribution in [3.63, 3.8) is 0 Å². The Labute approximate surface area is 186 Å². The van der Waals surface area contributed by atoms with E-state index < -0.39 is 12.0 Å². The molecule has 6 nitrogen and oxygen atoms in total. The molecular weight excluding hydrogens is 392 g/mol. The molecule has 0 saturated carbocycles. The average Bonchev–Trinajstić information content (AvgIpc) is 2.93. The van der Waals surface area contributed by atoms with Crippen molar-refractivity contribution in [2.24, 2.45) is 5.92 Å². The number of carboxylic acid groups (broad SMARTS) is 1. The Balaban J connectivity index is 2.04. The van der Waals surface area contributed by atoms with Crippen LogP contribution in [0, 0.1) is 5.92 Å². The van der Waals surface area contributed by atoms with Gasteiger partial charge in [-0.2, -0.15) is 0 Å². The van der Waals surface area contributed by atoms with Gasteiger partial charge in [0.2, 0.25) is 5.91 Å². The van der Waals surface area contributed by atoms with E-state index in [0.29, 0.717) is 5.57 Å². The Bertz CT molecular complexity index is 789. The maximum atomic E-state index is 12.3. The third kappa shape index (κ3) is 6.82. The molecule has 2 rings (SSSR count). The highest BCUT2D eigenvalue weighted by atomic mass is 16.5. The fraction of sp³-hybridized carbons (Fsp3) is 0.600. The summed E-state index contributed by atoms with van der Waals surface area (Å²) in [6.07, 6.45) is 6.42. The molecule has 1 saturated heterocycles. The third-order valence-electron chi connectivity index (χ3n) is 6.36. The first kappa shape index (κ1) is 24.9. The van der Waals surface area contributed by atoms with Crippen LogP contribution >= 0.6 is 0 Å². The van der Waals surface area contributed by atoms with Crippen LogP contribution in [-0.2, 0) is 15.0 Å². The number of carbonyl (C=O) groups is 2. The van der Waals surface area contributed by atoms with Gasteiger partial charge in [0.05, 0.1) is 0 Å². The van der Waals surface area contributed by atoms with Gasteiger partial charge >= 0.3 is 5.97 Å². The molecule has 2 N–H and O–H groups in total. The Morgan fingerprint density at radius 1 is 1.32 bits per heavy atom. The maximum absolute atomic E-state index is 12.3. The summed E-state index contributed by atoms with van der Waals surface area (Å²) in [5, 5.41) is 11.8. The van der Waals surface area contributed by atoms with Gasteiger partial charge < -0.3 is 20.1 Å². The topological polar surface area (TPSA) is 78.9 Å². The second-order valence-corrected chi connectivity index (χ2v) is 9.09. The summed E-state index contributed by atoms with van der Waals surface area (Å²) in [5.74, 6) is -0.822. The average molecular weight is 431 g/mol. The molecule has 1 aromatic carbocycles. The molecule has 0 aromatic heterocycles. The number of amides is 1. The molecule has 1 aliphatic rings. The van der Waals surface area contributed by atoms with E-state index in [1.807, 2.05) is 12.1 Å². The highest BCUT2D eigenvalue weighted by Crippen LogP contribution is 2.37. The van der Waals surface area contributed by atoms with Crippen molar-refractivity contribution in [3.05, 3.63) is 41.5 Å². The fourth-order valence-electron chi connectivity index (χ4n) is 4.29. The molecule has 1 aromatic rings. The quantitative estimate of drug-likeness (QED) is 0.579. The molecule has 2 unspecified atom stereocenters. The molecule has 1 heterocycles. The van der Waals surface area contributed by atoms with E-state index in [4.69, 9.17) is 4.74 Å². The molecule has 6 heteroatoms. The predicted octanol–water partition coefficient (Wildman–Crippen LogP) is 4.00. The minimum Gasteiger partial charge on any atom is -0.490 e. The number of nitrogens with one attached hydrogen (secondary N) is 1. The van der Waals surface area contributed by atoms with Crippen molar-refractivity contribution in [3.8, 4) is 5.75 Å². The molecule has 1 aliphatic heterocycles. The second kappa shape index (κ2) is 11.3. The van der Waals surface area contributed by atoms with Crippen LogP contribution in [0.2, 0.25) is 0 Å². The van der Waals surface area contributed by atoms with Crippen molar-refractivity contribution < 1.29 is 19.4 Å². The smallest absolute Gasteiger partial charge is 0.326 e. The summed E-state index contributed by atoms with van der Waals surface area (Å²) >= 11 is 0. The van der Waals surface area contributed by atoms with E-state index in [1.54, 1.807) is 26.8 Å². The van der Waals surface area contributed by atoms with Crippen LogP contribution in [0.4, 0.5) is 0 Å². The Morgan fingerprint density at radius 3 is 2.71 bits per heavy atom.